The van der Waals surface area contributed by atoms with Crippen molar-refractivity contribution in [3.63, 3.8) is 0 Å². The third kappa shape index (κ3) is 4.12. The Morgan fingerprint density at radius 3 is 1.35 bits per heavy atom. The number of hydrogen-bond acceptors (Lipinski definition) is 5. The van der Waals surface area contributed by atoms with Crippen LogP contribution in [-0.2, 0) is 0 Å². The maximum Gasteiger partial charge on any atom is 0.346 e. The average Bonchev–Trinajstić information content (AvgIpc) is 3.19. The Bertz CT molecular complexity index is 1890. The summed E-state index contributed by atoms with van der Waals surface area (Å²) < 4.78 is 26.7. The fraction of sp³-hybridized carbons (Fsp3) is 0.0588. The van der Waals surface area contributed by atoms with Crippen LogP contribution in [0.3, 0.4) is 0 Å². The van der Waals surface area contributed by atoms with Crippen molar-refractivity contribution in [2.75, 3.05) is 18.9 Å². The Kier molecular flexibility index (Phi) is 6.07. The standard InChI is InChI=1S/C34H26NO4P/c1-36-27-17-13-25(14-18-27)35(26-15-19-28(37-2)20-16-26)40-38-31-21-11-23-7-3-5-9-29(23)33(31)34-30-10-6-4-8-24(30)12-22-32(34)39-40/h3-22H,1-2H3. The molecule has 0 spiro atoms. The summed E-state index contributed by atoms with van der Waals surface area (Å²) in [6.45, 7) is 0. The predicted molar refractivity (Wildman–Crippen MR) is 165 cm³/mol. The van der Waals surface area contributed by atoms with Crippen LogP contribution in [0.2, 0.25) is 0 Å². The fourth-order valence-corrected chi connectivity index (χ4v) is 6.71. The molecule has 0 aliphatic heterocycles. The Morgan fingerprint density at radius 2 is 0.925 bits per heavy atom. The number of ether oxygens (including phenoxy) is 2. The zero-order chi connectivity index (χ0) is 27.1. The summed E-state index contributed by atoms with van der Waals surface area (Å²) in [5.41, 5.74) is 3.41. The van der Waals surface area contributed by atoms with Gasteiger partial charge < -0.3 is 17.9 Å². The SMILES string of the molecule is COc1ccc(N(c2ccc(OC)cc2)p2oc3ccc4ccccc4c3c3c(ccc4ccccc43)o2)cc1. The van der Waals surface area contributed by atoms with Gasteiger partial charge in [0.2, 0.25) is 0 Å². The average molecular weight is 544 g/mol. The number of benzene rings is 6. The van der Waals surface area contributed by atoms with Gasteiger partial charge in [-0.1, -0.05) is 60.7 Å². The van der Waals surface area contributed by atoms with Crippen LogP contribution in [0.1, 0.15) is 0 Å². The van der Waals surface area contributed by atoms with Gasteiger partial charge in [-0.05, 0) is 82.2 Å². The molecule has 0 atom stereocenters. The lowest BCUT2D eigenvalue weighted by Gasteiger charge is -2.21. The van der Waals surface area contributed by atoms with Crippen molar-refractivity contribution in [3.05, 3.63) is 121 Å². The molecule has 0 fully saturated rings. The Morgan fingerprint density at radius 1 is 0.500 bits per heavy atom. The molecule has 0 saturated heterocycles. The van der Waals surface area contributed by atoms with Gasteiger partial charge in [0, 0.05) is 10.8 Å². The van der Waals surface area contributed by atoms with Crippen molar-refractivity contribution in [1.29, 1.82) is 0 Å². The second kappa shape index (κ2) is 10.0. The largest absolute Gasteiger partial charge is 0.497 e. The first kappa shape index (κ1) is 24.2. The summed E-state index contributed by atoms with van der Waals surface area (Å²) in [5, 5.41) is 6.63. The van der Waals surface area contributed by atoms with Gasteiger partial charge >= 0.3 is 8.16 Å². The van der Waals surface area contributed by atoms with E-state index in [9.17, 15) is 0 Å². The Hall–Kier alpha value is -4.86. The van der Waals surface area contributed by atoms with Crippen LogP contribution in [0, 0.1) is 0 Å². The minimum atomic E-state index is -1.67. The third-order valence-electron chi connectivity index (χ3n) is 7.18. The summed E-state index contributed by atoms with van der Waals surface area (Å²) in [7, 11) is 1.66. The molecule has 0 bridgehead atoms. The molecule has 7 aromatic rings. The lowest BCUT2D eigenvalue weighted by atomic mass is 9.99. The maximum absolute atomic E-state index is 6.89. The molecule has 0 amide bonds. The van der Waals surface area contributed by atoms with Gasteiger partial charge in [-0.2, -0.15) is 0 Å². The van der Waals surface area contributed by atoms with Crippen LogP contribution in [0.4, 0.5) is 11.4 Å². The van der Waals surface area contributed by atoms with E-state index < -0.39 is 8.16 Å². The van der Waals surface area contributed by atoms with Crippen molar-refractivity contribution < 1.29 is 17.9 Å². The summed E-state index contributed by atoms with van der Waals surface area (Å²) in [4.78, 5) is 0. The number of rotatable bonds is 5. The lowest BCUT2D eigenvalue weighted by Crippen LogP contribution is -2.05. The van der Waals surface area contributed by atoms with Crippen molar-refractivity contribution in [2.24, 2.45) is 0 Å². The number of nitrogens with zero attached hydrogens (tertiary/aromatic N) is 1. The van der Waals surface area contributed by atoms with Crippen LogP contribution in [-0.4, -0.2) is 14.2 Å². The van der Waals surface area contributed by atoms with E-state index in [1.54, 1.807) is 14.2 Å². The minimum absolute atomic E-state index is 0.780. The summed E-state index contributed by atoms with van der Waals surface area (Å²) >= 11 is 0. The molecule has 0 unspecified atom stereocenters. The van der Waals surface area contributed by atoms with Crippen LogP contribution >= 0.6 is 8.16 Å². The molecule has 40 heavy (non-hydrogen) atoms. The molecule has 196 valence electrons. The second-order valence-electron chi connectivity index (χ2n) is 9.45. The number of methoxy groups -OCH3 is 2. The highest BCUT2D eigenvalue weighted by Gasteiger charge is 2.20. The molecule has 1 aromatic heterocycles. The maximum atomic E-state index is 6.89. The van der Waals surface area contributed by atoms with Gasteiger partial charge in [0.1, 0.15) is 22.7 Å². The lowest BCUT2D eigenvalue weighted by molar-refractivity contribution is 0.415. The molecule has 0 aliphatic carbocycles. The van der Waals surface area contributed by atoms with Gasteiger partial charge in [0.25, 0.3) is 0 Å². The zero-order valence-corrected chi connectivity index (χ0v) is 23.0. The summed E-state index contributed by atoms with van der Waals surface area (Å²) in [5.74, 6) is 1.56. The Labute approximate surface area is 232 Å². The summed E-state index contributed by atoms with van der Waals surface area (Å²) in [6.07, 6.45) is 0. The van der Waals surface area contributed by atoms with Gasteiger partial charge in [-0.3, -0.25) is 0 Å². The molecule has 0 N–H and O–H groups in total. The monoisotopic (exact) mass is 543 g/mol. The van der Waals surface area contributed by atoms with Crippen LogP contribution in [0.15, 0.2) is 130 Å². The molecule has 6 heteroatoms. The predicted octanol–water partition coefficient (Wildman–Crippen LogP) is 10.2. The van der Waals surface area contributed by atoms with E-state index in [0.717, 1.165) is 66.4 Å². The van der Waals surface area contributed by atoms with Crippen molar-refractivity contribution >= 4 is 63.0 Å². The van der Waals surface area contributed by atoms with Gasteiger partial charge in [0.15, 0.2) is 0 Å². The highest BCUT2D eigenvalue weighted by Crippen LogP contribution is 2.48. The quantitative estimate of drug-likeness (QED) is 0.216. The van der Waals surface area contributed by atoms with Crippen LogP contribution in [0.5, 0.6) is 11.5 Å². The number of hydrogen-bond donors (Lipinski definition) is 0. The molecule has 6 aromatic carbocycles. The molecule has 1 heterocycles. The van der Waals surface area contributed by atoms with Gasteiger partial charge in [-0.25, -0.2) is 4.67 Å². The first-order valence-corrected chi connectivity index (χ1v) is 14.1. The van der Waals surface area contributed by atoms with Crippen molar-refractivity contribution in [2.45, 2.75) is 0 Å². The van der Waals surface area contributed by atoms with E-state index in [0.29, 0.717) is 0 Å². The van der Waals surface area contributed by atoms with Crippen molar-refractivity contribution in [3.8, 4) is 11.5 Å². The third-order valence-corrected chi connectivity index (χ3v) is 8.68. The number of fused-ring (bicyclic) bond motifs is 7. The minimum Gasteiger partial charge on any atom is -0.497 e. The highest BCUT2D eigenvalue weighted by molar-refractivity contribution is 7.40. The molecule has 0 radical (unpaired) electrons. The van der Waals surface area contributed by atoms with E-state index in [-0.39, 0.29) is 0 Å². The van der Waals surface area contributed by atoms with Crippen LogP contribution in [0.25, 0.3) is 43.5 Å². The molecular weight excluding hydrogens is 517 g/mol. The molecule has 5 nitrogen and oxygen atoms in total. The van der Waals surface area contributed by atoms with E-state index in [4.69, 9.17) is 17.9 Å². The smallest absolute Gasteiger partial charge is 0.346 e. The molecule has 7 rings (SSSR count). The summed E-state index contributed by atoms with van der Waals surface area (Å²) in [6, 6.07) is 41.1. The molecule has 0 saturated carbocycles. The van der Waals surface area contributed by atoms with Gasteiger partial charge in [0.05, 0.1) is 25.6 Å². The zero-order valence-electron chi connectivity index (χ0n) is 22.1. The van der Waals surface area contributed by atoms with E-state index in [1.165, 1.54) is 0 Å². The van der Waals surface area contributed by atoms with Gasteiger partial charge in [-0.15, -0.1) is 0 Å². The second-order valence-corrected chi connectivity index (χ2v) is 10.7. The normalized spacial score (nSPS) is 11.2. The topological polar surface area (TPSA) is 48.0 Å². The van der Waals surface area contributed by atoms with Crippen molar-refractivity contribution in [1.82, 2.24) is 0 Å². The first-order valence-electron chi connectivity index (χ1n) is 13.0. The molecule has 0 aliphatic rings. The fourth-order valence-electron chi connectivity index (χ4n) is 5.22. The van der Waals surface area contributed by atoms with E-state index in [2.05, 4.69) is 77.5 Å². The van der Waals surface area contributed by atoms with E-state index >= 15 is 0 Å². The Balaban J connectivity index is 1.61. The van der Waals surface area contributed by atoms with Crippen LogP contribution < -0.4 is 14.1 Å². The number of anilines is 2. The molecular formula is C34H26NO4P. The van der Waals surface area contributed by atoms with E-state index in [1.807, 2.05) is 48.5 Å². The first-order chi connectivity index (χ1) is 19.7. The highest BCUT2D eigenvalue weighted by atomic mass is 31.1.